The van der Waals surface area contributed by atoms with Crippen molar-refractivity contribution in [2.45, 2.75) is 37.8 Å². The van der Waals surface area contributed by atoms with Crippen LogP contribution in [0.5, 0.6) is 5.75 Å². The maximum Gasteiger partial charge on any atom is 0.123 e. The van der Waals surface area contributed by atoms with Gasteiger partial charge in [-0.15, -0.1) is 0 Å². The minimum Gasteiger partial charge on any atom is -0.491 e. The zero-order valence-corrected chi connectivity index (χ0v) is 10.4. The van der Waals surface area contributed by atoms with E-state index in [0.717, 1.165) is 0 Å². The highest BCUT2D eigenvalue weighted by Crippen LogP contribution is 2.17. The van der Waals surface area contributed by atoms with Crippen LogP contribution in [0.1, 0.15) is 25.7 Å². The molecule has 18 heavy (non-hydrogen) atoms. The molecule has 0 amide bonds. The molecule has 2 rings (SSSR count). The Kier molecular flexibility index (Phi) is 4.96. The third-order valence-electron chi connectivity index (χ3n) is 3.25. The van der Waals surface area contributed by atoms with Gasteiger partial charge in [0, 0.05) is 12.6 Å². The summed E-state index contributed by atoms with van der Waals surface area (Å²) >= 11 is 0. The number of nitrogens with one attached hydrogen (secondary N) is 1. The van der Waals surface area contributed by atoms with Crippen molar-refractivity contribution in [3.63, 3.8) is 0 Å². The van der Waals surface area contributed by atoms with Gasteiger partial charge in [-0.2, -0.15) is 0 Å². The standard InChI is InChI=1S/C14H20FNO2/c15-11-5-7-14(8-6-11)18-10-13(17)9-16-12-3-1-2-4-12/h5-8,12-13,16-17H,1-4,9-10H2/t13-/m1/s1. The van der Waals surface area contributed by atoms with E-state index in [1.807, 2.05) is 0 Å². The fourth-order valence-electron chi connectivity index (χ4n) is 2.21. The largest absolute Gasteiger partial charge is 0.491 e. The average Bonchev–Trinajstić information content (AvgIpc) is 2.89. The Balaban J connectivity index is 1.64. The molecular weight excluding hydrogens is 233 g/mol. The molecule has 1 saturated carbocycles. The number of ether oxygens (including phenoxy) is 1. The van der Waals surface area contributed by atoms with Crippen LogP contribution in [0.3, 0.4) is 0 Å². The minimum absolute atomic E-state index is 0.228. The Morgan fingerprint density at radius 1 is 1.28 bits per heavy atom. The third kappa shape index (κ3) is 4.27. The van der Waals surface area contributed by atoms with Crippen molar-refractivity contribution in [2.75, 3.05) is 13.2 Å². The molecule has 0 spiro atoms. The van der Waals surface area contributed by atoms with Gasteiger partial charge in [0.25, 0.3) is 0 Å². The summed E-state index contributed by atoms with van der Waals surface area (Å²) in [7, 11) is 0. The van der Waals surface area contributed by atoms with Crippen LogP contribution in [0.2, 0.25) is 0 Å². The molecule has 1 atom stereocenters. The Morgan fingerprint density at radius 3 is 2.61 bits per heavy atom. The molecule has 0 radical (unpaired) electrons. The molecule has 0 aliphatic heterocycles. The molecule has 0 aromatic heterocycles. The fourth-order valence-corrected chi connectivity index (χ4v) is 2.21. The molecule has 100 valence electrons. The SMILES string of the molecule is O[C@H](CNC1CCCC1)COc1ccc(F)cc1. The first kappa shape index (κ1) is 13.3. The lowest BCUT2D eigenvalue weighted by Gasteiger charge is -2.16. The third-order valence-corrected chi connectivity index (χ3v) is 3.25. The van der Waals surface area contributed by atoms with Crippen LogP contribution < -0.4 is 10.1 Å². The van der Waals surface area contributed by atoms with E-state index < -0.39 is 6.10 Å². The normalized spacial score (nSPS) is 17.9. The van der Waals surface area contributed by atoms with Gasteiger partial charge in [0.2, 0.25) is 0 Å². The van der Waals surface area contributed by atoms with Gasteiger partial charge in [0.05, 0.1) is 0 Å². The fraction of sp³-hybridized carbons (Fsp3) is 0.571. The summed E-state index contributed by atoms with van der Waals surface area (Å²) in [4.78, 5) is 0. The summed E-state index contributed by atoms with van der Waals surface area (Å²) in [5, 5.41) is 13.1. The molecule has 1 aromatic rings. The maximum atomic E-state index is 12.7. The highest BCUT2D eigenvalue weighted by Gasteiger charge is 2.15. The smallest absolute Gasteiger partial charge is 0.123 e. The second kappa shape index (κ2) is 6.71. The van der Waals surface area contributed by atoms with Gasteiger partial charge in [-0.1, -0.05) is 12.8 Å². The Hall–Kier alpha value is -1.13. The summed E-state index contributed by atoms with van der Waals surface area (Å²) < 4.78 is 18.0. The van der Waals surface area contributed by atoms with Crippen molar-refractivity contribution in [3.05, 3.63) is 30.1 Å². The van der Waals surface area contributed by atoms with E-state index in [9.17, 15) is 9.50 Å². The summed E-state index contributed by atoms with van der Waals surface area (Å²) in [6, 6.07) is 6.36. The first-order valence-corrected chi connectivity index (χ1v) is 6.54. The lowest BCUT2D eigenvalue weighted by Crippen LogP contribution is -2.36. The highest BCUT2D eigenvalue weighted by atomic mass is 19.1. The van der Waals surface area contributed by atoms with Crippen LogP contribution in [-0.4, -0.2) is 30.4 Å². The number of hydrogen-bond donors (Lipinski definition) is 2. The van der Waals surface area contributed by atoms with E-state index in [4.69, 9.17) is 4.74 Å². The first-order chi connectivity index (χ1) is 8.74. The zero-order valence-electron chi connectivity index (χ0n) is 10.4. The molecule has 4 heteroatoms. The molecular formula is C14H20FNO2. The number of halogens is 1. The van der Waals surface area contributed by atoms with Crippen molar-refractivity contribution < 1.29 is 14.2 Å². The van der Waals surface area contributed by atoms with Crippen molar-refractivity contribution in [1.82, 2.24) is 5.32 Å². The van der Waals surface area contributed by atoms with Crippen molar-refractivity contribution in [3.8, 4) is 5.75 Å². The molecule has 1 fully saturated rings. The van der Waals surface area contributed by atoms with Crippen LogP contribution in [0.15, 0.2) is 24.3 Å². The molecule has 0 saturated heterocycles. The van der Waals surface area contributed by atoms with Gasteiger partial charge in [-0.3, -0.25) is 0 Å². The highest BCUT2D eigenvalue weighted by molar-refractivity contribution is 5.22. The van der Waals surface area contributed by atoms with Crippen LogP contribution in [-0.2, 0) is 0 Å². The molecule has 2 N–H and O–H groups in total. The van der Waals surface area contributed by atoms with Gasteiger partial charge in [-0.05, 0) is 37.1 Å². The second-order valence-corrected chi connectivity index (χ2v) is 4.81. The lowest BCUT2D eigenvalue weighted by atomic mass is 10.2. The molecule has 0 unspecified atom stereocenters. The van der Waals surface area contributed by atoms with Crippen LogP contribution in [0, 0.1) is 5.82 Å². The summed E-state index contributed by atoms with van der Waals surface area (Å²) in [5.41, 5.74) is 0. The zero-order chi connectivity index (χ0) is 12.8. The van der Waals surface area contributed by atoms with Crippen LogP contribution >= 0.6 is 0 Å². The number of aliphatic hydroxyl groups is 1. The molecule has 1 aliphatic rings. The monoisotopic (exact) mass is 253 g/mol. The first-order valence-electron chi connectivity index (χ1n) is 6.54. The van der Waals surface area contributed by atoms with E-state index in [0.29, 0.717) is 18.3 Å². The van der Waals surface area contributed by atoms with Gasteiger partial charge < -0.3 is 15.2 Å². The number of rotatable bonds is 6. The predicted octanol–water partition coefficient (Wildman–Crippen LogP) is 2.10. The molecule has 1 aliphatic carbocycles. The Labute approximate surface area is 107 Å². The molecule has 0 heterocycles. The van der Waals surface area contributed by atoms with Crippen LogP contribution in [0.25, 0.3) is 0 Å². The van der Waals surface area contributed by atoms with E-state index in [1.54, 1.807) is 12.1 Å². The summed E-state index contributed by atoms with van der Waals surface area (Å²) in [6.45, 7) is 0.775. The van der Waals surface area contributed by atoms with Crippen molar-refractivity contribution in [2.24, 2.45) is 0 Å². The van der Waals surface area contributed by atoms with E-state index in [2.05, 4.69) is 5.32 Å². The lowest BCUT2D eigenvalue weighted by molar-refractivity contribution is 0.104. The van der Waals surface area contributed by atoms with E-state index in [1.165, 1.54) is 37.8 Å². The predicted molar refractivity (Wildman–Crippen MR) is 68.2 cm³/mol. The van der Waals surface area contributed by atoms with E-state index in [-0.39, 0.29) is 12.4 Å². The van der Waals surface area contributed by atoms with Gasteiger partial charge in [0.1, 0.15) is 24.3 Å². The minimum atomic E-state index is -0.532. The van der Waals surface area contributed by atoms with Gasteiger partial charge in [-0.25, -0.2) is 4.39 Å². The molecule has 3 nitrogen and oxygen atoms in total. The van der Waals surface area contributed by atoms with Crippen molar-refractivity contribution >= 4 is 0 Å². The summed E-state index contributed by atoms with van der Waals surface area (Å²) in [5.74, 6) is 0.294. The topological polar surface area (TPSA) is 41.5 Å². The number of hydrogen-bond acceptors (Lipinski definition) is 3. The molecule has 0 bridgehead atoms. The number of benzene rings is 1. The maximum absolute atomic E-state index is 12.7. The second-order valence-electron chi connectivity index (χ2n) is 4.81. The van der Waals surface area contributed by atoms with Crippen LogP contribution in [0.4, 0.5) is 4.39 Å². The van der Waals surface area contributed by atoms with Gasteiger partial charge >= 0.3 is 0 Å². The Morgan fingerprint density at radius 2 is 1.94 bits per heavy atom. The Bertz CT molecular complexity index is 349. The average molecular weight is 253 g/mol. The quantitative estimate of drug-likeness (QED) is 0.815. The van der Waals surface area contributed by atoms with Gasteiger partial charge in [0.15, 0.2) is 0 Å². The molecule has 1 aromatic carbocycles. The number of aliphatic hydroxyl groups excluding tert-OH is 1. The van der Waals surface area contributed by atoms with E-state index >= 15 is 0 Å². The van der Waals surface area contributed by atoms with Crippen molar-refractivity contribution in [1.29, 1.82) is 0 Å². The summed E-state index contributed by atoms with van der Waals surface area (Å²) in [6.07, 6.45) is 4.42.